The van der Waals surface area contributed by atoms with Gasteiger partial charge < -0.3 is 15.2 Å². The minimum atomic E-state index is -1.01. The molecular formula is C16H17NO4. The highest BCUT2D eigenvalue weighted by Gasteiger charge is 2.15. The SMILES string of the molecule is CC(=O)NCCCOc1ccc2ccccc2c1C(=O)O. The molecule has 1 amide bonds. The predicted molar refractivity (Wildman–Crippen MR) is 79.7 cm³/mol. The largest absolute Gasteiger partial charge is 0.493 e. The van der Waals surface area contributed by atoms with E-state index in [9.17, 15) is 14.7 Å². The molecule has 5 nitrogen and oxygen atoms in total. The fourth-order valence-corrected chi connectivity index (χ4v) is 2.11. The lowest BCUT2D eigenvalue weighted by molar-refractivity contribution is -0.118. The molecule has 0 atom stereocenters. The molecule has 21 heavy (non-hydrogen) atoms. The van der Waals surface area contributed by atoms with Crippen molar-refractivity contribution >= 4 is 22.6 Å². The average Bonchev–Trinajstić information content (AvgIpc) is 2.45. The van der Waals surface area contributed by atoms with Crippen molar-refractivity contribution in [3.05, 3.63) is 42.0 Å². The smallest absolute Gasteiger partial charge is 0.340 e. The van der Waals surface area contributed by atoms with Crippen LogP contribution in [0.4, 0.5) is 0 Å². The quantitative estimate of drug-likeness (QED) is 0.800. The van der Waals surface area contributed by atoms with Crippen molar-refractivity contribution in [1.29, 1.82) is 0 Å². The van der Waals surface area contributed by atoms with Gasteiger partial charge in [-0.05, 0) is 23.3 Å². The topological polar surface area (TPSA) is 75.6 Å². The summed E-state index contributed by atoms with van der Waals surface area (Å²) in [6, 6.07) is 10.8. The third kappa shape index (κ3) is 3.72. The van der Waals surface area contributed by atoms with E-state index in [1.54, 1.807) is 18.2 Å². The van der Waals surface area contributed by atoms with Crippen molar-refractivity contribution in [2.75, 3.05) is 13.2 Å². The van der Waals surface area contributed by atoms with E-state index < -0.39 is 5.97 Å². The number of aromatic carboxylic acids is 1. The Morgan fingerprint density at radius 3 is 2.67 bits per heavy atom. The standard InChI is InChI=1S/C16H17NO4/c1-11(18)17-9-4-10-21-14-8-7-12-5-2-3-6-13(12)15(14)16(19)20/h2-3,5-8H,4,9-10H2,1H3,(H,17,18)(H,19,20). The van der Waals surface area contributed by atoms with Crippen LogP contribution in [0, 0.1) is 0 Å². The number of amides is 1. The number of hydrogen-bond donors (Lipinski definition) is 2. The summed E-state index contributed by atoms with van der Waals surface area (Å²) in [5, 5.41) is 13.6. The van der Waals surface area contributed by atoms with E-state index in [1.807, 2.05) is 18.2 Å². The van der Waals surface area contributed by atoms with Crippen molar-refractivity contribution in [3.8, 4) is 5.75 Å². The van der Waals surface area contributed by atoms with Gasteiger partial charge in [-0.2, -0.15) is 0 Å². The van der Waals surface area contributed by atoms with E-state index in [-0.39, 0.29) is 11.5 Å². The molecule has 0 radical (unpaired) electrons. The van der Waals surface area contributed by atoms with Crippen LogP contribution in [0.25, 0.3) is 10.8 Å². The molecule has 0 fully saturated rings. The second kappa shape index (κ2) is 6.74. The summed E-state index contributed by atoms with van der Waals surface area (Å²) in [5.41, 5.74) is 0.174. The Bertz CT molecular complexity index is 666. The summed E-state index contributed by atoms with van der Waals surface area (Å²) in [5.74, 6) is -0.750. The maximum atomic E-state index is 11.5. The maximum Gasteiger partial charge on any atom is 0.340 e. The molecule has 0 aliphatic heterocycles. The minimum Gasteiger partial charge on any atom is -0.493 e. The first kappa shape index (κ1) is 14.8. The first-order valence-electron chi connectivity index (χ1n) is 6.72. The number of carbonyl (C=O) groups excluding carboxylic acids is 1. The van der Waals surface area contributed by atoms with E-state index >= 15 is 0 Å². The lowest BCUT2D eigenvalue weighted by Crippen LogP contribution is -2.22. The summed E-state index contributed by atoms with van der Waals surface area (Å²) < 4.78 is 5.56. The normalized spacial score (nSPS) is 10.3. The number of ether oxygens (including phenoxy) is 1. The van der Waals surface area contributed by atoms with Crippen LogP contribution in [0.3, 0.4) is 0 Å². The lowest BCUT2D eigenvalue weighted by Gasteiger charge is -2.11. The monoisotopic (exact) mass is 287 g/mol. The fourth-order valence-electron chi connectivity index (χ4n) is 2.11. The molecule has 0 saturated heterocycles. The van der Waals surface area contributed by atoms with Gasteiger partial charge in [-0.15, -0.1) is 0 Å². The second-order valence-electron chi connectivity index (χ2n) is 4.65. The van der Waals surface area contributed by atoms with Crippen LogP contribution in [0.5, 0.6) is 5.75 Å². The van der Waals surface area contributed by atoms with Gasteiger partial charge in [0.2, 0.25) is 5.91 Å². The van der Waals surface area contributed by atoms with Gasteiger partial charge in [-0.25, -0.2) is 4.79 Å². The Hall–Kier alpha value is -2.56. The highest BCUT2D eigenvalue weighted by Crippen LogP contribution is 2.28. The fraction of sp³-hybridized carbons (Fsp3) is 0.250. The summed E-state index contributed by atoms with van der Waals surface area (Å²) in [6.45, 7) is 2.30. The number of hydrogen-bond acceptors (Lipinski definition) is 3. The highest BCUT2D eigenvalue weighted by molar-refractivity contribution is 6.06. The molecule has 110 valence electrons. The van der Waals surface area contributed by atoms with Crippen LogP contribution in [0.2, 0.25) is 0 Å². The first-order chi connectivity index (χ1) is 10.1. The molecule has 2 N–H and O–H groups in total. The van der Waals surface area contributed by atoms with E-state index in [2.05, 4.69) is 5.32 Å². The number of rotatable bonds is 6. The second-order valence-corrected chi connectivity index (χ2v) is 4.65. The van der Waals surface area contributed by atoms with Crippen LogP contribution >= 0.6 is 0 Å². The van der Waals surface area contributed by atoms with Crippen molar-refractivity contribution in [3.63, 3.8) is 0 Å². The molecule has 0 saturated carbocycles. The van der Waals surface area contributed by atoms with Crippen LogP contribution in [-0.2, 0) is 4.79 Å². The van der Waals surface area contributed by atoms with Crippen molar-refractivity contribution in [2.24, 2.45) is 0 Å². The highest BCUT2D eigenvalue weighted by atomic mass is 16.5. The van der Waals surface area contributed by atoms with Gasteiger partial charge in [0.1, 0.15) is 11.3 Å². The number of carboxylic acids is 1. The Morgan fingerprint density at radius 1 is 1.19 bits per heavy atom. The van der Waals surface area contributed by atoms with Crippen molar-refractivity contribution in [1.82, 2.24) is 5.32 Å². The molecular weight excluding hydrogens is 270 g/mol. The summed E-state index contributed by atoms with van der Waals surface area (Å²) in [6.07, 6.45) is 0.617. The van der Waals surface area contributed by atoms with Gasteiger partial charge in [0.25, 0.3) is 0 Å². The maximum absolute atomic E-state index is 11.5. The Kier molecular flexibility index (Phi) is 4.77. The summed E-state index contributed by atoms with van der Waals surface area (Å²) >= 11 is 0. The molecule has 0 aromatic heterocycles. The molecule has 0 aliphatic carbocycles. The van der Waals surface area contributed by atoms with Gasteiger partial charge in [0, 0.05) is 13.5 Å². The number of carboxylic acid groups (broad SMARTS) is 1. The van der Waals surface area contributed by atoms with Crippen LogP contribution in [0.15, 0.2) is 36.4 Å². The van der Waals surface area contributed by atoms with E-state index in [4.69, 9.17) is 4.74 Å². The Balaban J connectivity index is 2.14. The van der Waals surface area contributed by atoms with Crippen LogP contribution < -0.4 is 10.1 Å². The summed E-state index contributed by atoms with van der Waals surface area (Å²) in [7, 11) is 0. The first-order valence-corrected chi connectivity index (χ1v) is 6.72. The van der Waals surface area contributed by atoms with Gasteiger partial charge in [-0.3, -0.25) is 4.79 Å². The number of carbonyl (C=O) groups is 2. The lowest BCUT2D eigenvalue weighted by atomic mass is 10.0. The van der Waals surface area contributed by atoms with E-state index in [0.717, 1.165) is 5.39 Å². The molecule has 0 aliphatic rings. The molecule has 2 aromatic carbocycles. The van der Waals surface area contributed by atoms with Crippen molar-refractivity contribution < 1.29 is 19.4 Å². The Labute approximate surface area is 122 Å². The predicted octanol–water partition coefficient (Wildman–Crippen LogP) is 2.44. The molecule has 2 rings (SSSR count). The summed E-state index contributed by atoms with van der Waals surface area (Å²) in [4.78, 5) is 22.2. The minimum absolute atomic E-state index is 0.0908. The zero-order valence-electron chi connectivity index (χ0n) is 11.8. The van der Waals surface area contributed by atoms with Crippen LogP contribution in [0.1, 0.15) is 23.7 Å². The van der Waals surface area contributed by atoms with E-state index in [0.29, 0.717) is 30.7 Å². The molecule has 5 heteroatoms. The zero-order chi connectivity index (χ0) is 15.2. The molecule has 2 aromatic rings. The number of benzene rings is 2. The average molecular weight is 287 g/mol. The number of fused-ring (bicyclic) bond motifs is 1. The van der Waals surface area contributed by atoms with Crippen molar-refractivity contribution in [2.45, 2.75) is 13.3 Å². The third-order valence-electron chi connectivity index (χ3n) is 3.06. The third-order valence-corrected chi connectivity index (χ3v) is 3.06. The zero-order valence-corrected chi connectivity index (χ0v) is 11.8. The molecule has 0 unspecified atom stereocenters. The van der Waals surface area contributed by atoms with Crippen LogP contribution in [-0.4, -0.2) is 30.1 Å². The molecule has 0 bridgehead atoms. The van der Waals surface area contributed by atoms with Gasteiger partial charge >= 0.3 is 5.97 Å². The van der Waals surface area contributed by atoms with Gasteiger partial charge in [0.05, 0.1) is 6.61 Å². The number of nitrogens with one attached hydrogen (secondary N) is 1. The van der Waals surface area contributed by atoms with E-state index in [1.165, 1.54) is 6.92 Å². The molecule has 0 spiro atoms. The van der Waals surface area contributed by atoms with Gasteiger partial charge in [-0.1, -0.05) is 30.3 Å². The molecule has 0 heterocycles. The Morgan fingerprint density at radius 2 is 1.95 bits per heavy atom. The van der Waals surface area contributed by atoms with Gasteiger partial charge in [0.15, 0.2) is 0 Å².